The number of amides is 1. The second kappa shape index (κ2) is 8.05. The van der Waals surface area contributed by atoms with Crippen molar-refractivity contribution in [2.45, 2.75) is 19.0 Å². The molecule has 1 amide bonds. The van der Waals surface area contributed by atoms with E-state index in [0.29, 0.717) is 5.11 Å². The van der Waals surface area contributed by atoms with Crippen LogP contribution in [0, 0.1) is 6.92 Å². The molecular weight excluding hydrogens is 382 g/mol. The first-order chi connectivity index (χ1) is 14.0. The Morgan fingerprint density at radius 2 is 1.90 bits per heavy atom. The van der Waals surface area contributed by atoms with Crippen molar-refractivity contribution >= 4 is 28.9 Å². The van der Waals surface area contributed by atoms with E-state index in [1.54, 1.807) is 6.20 Å². The van der Waals surface area contributed by atoms with Gasteiger partial charge >= 0.3 is 0 Å². The highest BCUT2D eigenvalue weighted by atomic mass is 32.1. The average Bonchev–Trinajstić information content (AvgIpc) is 3.22. The molecular formula is C22H23N5OS. The Bertz CT molecular complexity index is 1020. The van der Waals surface area contributed by atoms with Gasteiger partial charge in [0.2, 0.25) is 5.91 Å². The molecule has 1 saturated heterocycles. The van der Waals surface area contributed by atoms with E-state index in [1.807, 2.05) is 60.5 Å². The predicted octanol–water partition coefficient (Wildman–Crippen LogP) is 3.34. The molecule has 1 aliphatic rings. The fourth-order valence-corrected chi connectivity index (χ4v) is 4.01. The van der Waals surface area contributed by atoms with Gasteiger partial charge in [-0.25, -0.2) is 0 Å². The van der Waals surface area contributed by atoms with Gasteiger partial charge in [-0.1, -0.05) is 24.3 Å². The molecule has 148 valence electrons. The van der Waals surface area contributed by atoms with Crippen LogP contribution in [0.5, 0.6) is 0 Å². The van der Waals surface area contributed by atoms with E-state index < -0.39 is 0 Å². The Labute approximate surface area is 175 Å². The van der Waals surface area contributed by atoms with Gasteiger partial charge in [0, 0.05) is 30.3 Å². The quantitative estimate of drug-likeness (QED) is 0.638. The van der Waals surface area contributed by atoms with Gasteiger partial charge in [0.25, 0.3) is 0 Å². The Balaban J connectivity index is 1.64. The van der Waals surface area contributed by atoms with Crippen molar-refractivity contribution in [3.05, 3.63) is 83.9 Å². The highest BCUT2D eigenvalue weighted by Crippen LogP contribution is 2.38. The van der Waals surface area contributed by atoms with Crippen LogP contribution in [0.2, 0.25) is 0 Å². The van der Waals surface area contributed by atoms with Gasteiger partial charge in [-0.15, -0.1) is 0 Å². The third kappa shape index (κ3) is 3.86. The Kier molecular flexibility index (Phi) is 5.31. The van der Waals surface area contributed by atoms with Crippen LogP contribution in [0.15, 0.2) is 66.9 Å². The second-order valence-electron chi connectivity index (χ2n) is 7.13. The number of nitrogens with one attached hydrogen (secondary N) is 2. The van der Waals surface area contributed by atoms with Gasteiger partial charge in [-0.05, 0) is 55.5 Å². The van der Waals surface area contributed by atoms with Gasteiger partial charge in [0.05, 0.1) is 17.8 Å². The van der Waals surface area contributed by atoms with Crippen LogP contribution in [-0.4, -0.2) is 32.0 Å². The standard InChI is InChI=1S/C22H23N5OS/c1-15-11-12-18(26(15)2)21-20(17-10-6-7-13-23-17)25-22(29)27(21)14-19(28)24-16-8-4-3-5-9-16/h3-13,20-21H,14H2,1-2H3,(H,24,28)(H,25,29). The summed E-state index contributed by atoms with van der Waals surface area (Å²) < 4.78 is 2.14. The minimum Gasteiger partial charge on any atom is -0.352 e. The number of nitrogens with zero attached hydrogens (tertiary/aromatic N) is 3. The molecule has 1 aromatic carbocycles. The fourth-order valence-electron chi connectivity index (χ4n) is 3.70. The maximum absolute atomic E-state index is 12.8. The van der Waals surface area contributed by atoms with Crippen LogP contribution < -0.4 is 10.6 Å². The Hall–Kier alpha value is -3.19. The molecule has 0 saturated carbocycles. The molecule has 0 bridgehead atoms. The predicted molar refractivity (Wildman–Crippen MR) is 117 cm³/mol. The van der Waals surface area contributed by atoms with E-state index in [1.165, 1.54) is 0 Å². The molecule has 3 heterocycles. The van der Waals surface area contributed by atoms with E-state index >= 15 is 0 Å². The molecule has 3 aromatic rings. The number of pyridine rings is 1. The van der Waals surface area contributed by atoms with Crippen LogP contribution in [-0.2, 0) is 11.8 Å². The summed E-state index contributed by atoms with van der Waals surface area (Å²) in [4.78, 5) is 19.2. The first-order valence-corrected chi connectivity index (χ1v) is 9.90. The van der Waals surface area contributed by atoms with Crippen molar-refractivity contribution in [1.29, 1.82) is 0 Å². The van der Waals surface area contributed by atoms with Gasteiger partial charge in [0.15, 0.2) is 5.11 Å². The first-order valence-electron chi connectivity index (χ1n) is 9.50. The Morgan fingerprint density at radius 1 is 1.14 bits per heavy atom. The fraction of sp³-hybridized carbons (Fsp3) is 0.227. The normalized spacial score (nSPS) is 18.6. The van der Waals surface area contributed by atoms with Gasteiger partial charge in [-0.2, -0.15) is 0 Å². The molecule has 29 heavy (non-hydrogen) atoms. The smallest absolute Gasteiger partial charge is 0.244 e. The number of para-hydroxylation sites is 1. The number of carbonyl (C=O) groups excluding carboxylic acids is 1. The van der Waals surface area contributed by atoms with Crippen molar-refractivity contribution < 1.29 is 4.79 Å². The molecule has 2 N–H and O–H groups in total. The zero-order valence-corrected chi connectivity index (χ0v) is 17.2. The van der Waals surface area contributed by atoms with E-state index in [4.69, 9.17) is 12.2 Å². The molecule has 2 unspecified atom stereocenters. The van der Waals surface area contributed by atoms with Crippen molar-refractivity contribution in [3.63, 3.8) is 0 Å². The summed E-state index contributed by atoms with van der Waals surface area (Å²) >= 11 is 5.63. The van der Waals surface area contributed by atoms with Crippen molar-refractivity contribution in [2.75, 3.05) is 11.9 Å². The Morgan fingerprint density at radius 3 is 2.55 bits per heavy atom. The van der Waals surface area contributed by atoms with Gasteiger partial charge in [-0.3, -0.25) is 9.78 Å². The summed E-state index contributed by atoms with van der Waals surface area (Å²) in [6, 6.07) is 19.2. The van der Waals surface area contributed by atoms with Crippen LogP contribution >= 0.6 is 12.2 Å². The summed E-state index contributed by atoms with van der Waals surface area (Å²) in [5, 5.41) is 6.87. The zero-order valence-electron chi connectivity index (χ0n) is 16.4. The van der Waals surface area contributed by atoms with Gasteiger partial charge in [0.1, 0.15) is 6.54 Å². The first kappa shape index (κ1) is 19.1. The molecule has 1 aliphatic heterocycles. The van der Waals surface area contributed by atoms with Crippen LogP contribution in [0.1, 0.15) is 29.2 Å². The SMILES string of the molecule is Cc1ccc(C2C(c3ccccn3)NC(=S)N2CC(=O)Nc2ccccc2)n1C. The maximum atomic E-state index is 12.8. The second-order valence-corrected chi connectivity index (χ2v) is 7.51. The number of benzene rings is 1. The van der Waals surface area contributed by atoms with E-state index in [-0.39, 0.29) is 24.5 Å². The number of aromatic nitrogens is 2. The average molecular weight is 406 g/mol. The van der Waals surface area contributed by atoms with E-state index in [9.17, 15) is 4.79 Å². The summed E-state index contributed by atoms with van der Waals surface area (Å²) in [5.41, 5.74) is 3.89. The minimum atomic E-state index is -0.141. The van der Waals surface area contributed by atoms with Crippen molar-refractivity contribution in [1.82, 2.24) is 19.8 Å². The highest BCUT2D eigenvalue weighted by Gasteiger charge is 2.41. The van der Waals surface area contributed by atoms with Crippen molar-refractivity contribution in [3.8, 4) is 0 Å². The molecule has 2 aromatic heterocycles. The number of anilines is 1. The molecule has 0 spiro atoms. The summed E-state index contributed by atoms with van der Waals surface area (Å²) in [7, 11) is 2.03. The molecule has 1 fully saturated rings. The maximum Gasteiger partial charge on any atom is 0.244 e. The van der Waals surface area contributed by atoms with Gasteiger partial charge < -0.3 is 20.1 Å². The monoisotopic (exact) mass is 405 g/mol. The van der Waals surface area contributed by atoms with Crippen LogP contribution in [0.3, 0.4) is 0 Å². The number of hydrogen-bond acceptors (Lipinski definition) is 3. The molecule has 0 radical (unpaired) electrons. The lowest BCUT2D eigenvalue weighted by atomic mass is 10.0. The number of aryl methyl sites for hydroxylation is 1. The van der Waals surface area contributed by atoms with Crippen molar-refractivity contribution in [2.24, 2.45) is 7.05 Å². The third-order valence-electron chi connectivity index (χ3n) is 5.28. The zero-order chi connectivity index (χ0) is 20.4. The lowest BCUT2D eigenvalue weighted by Gasteiger charge is -2.28. The molecule has 4 rings (SSSR count). The number of carbonyl (C=O) groups is 1. The summed E-state index contributed by atoms with van der Waals surface area (Å²) in [5.74, 6) is -0.113. The topological polar surface area (TPSA) is 62.2 Å². The number of hydrogen-bond donors (Lipinski definition) is 2. The lowest BCUT2D eigenvalue weighted by molar-refractivity contribution is -0.116. The molecule has 0 aliphatic carbocycles. The van der Waals surface area contributed by atoms with E-state index in [2.05, 4.69) is 39.2 Å². The van der Waals surface area contributed by atoms with E-state index in [0.717, 1.165) is 22.8 Å². The van der Waals surface area contributed by atoms with Crippen LogP contribution in [0.4, 0.5) is 5.69 Å². The largest absolute Gasteiger partial charge is 0.352 e. The highest BCUT2D eigenvalue weighted by molar-refractivity contribution is 7.80. The summed E-state index contributed by atoms with van der Waals surface area (Å²) in [6.07, 6.45) is 1.78. The molecule has 7 heteroatoms. The molecule has 6 nitrogen and oxygen atoms in total. The minimum absolute atomic E-state index is 0.113. The molecule has 2 atom stereocenters. The van der Waals surface area contributed by atoms with Crippen LogP contribution in [0.25, 0.3) is 0 Å². The summed E-state index contributed by atoms with van der Waals surface area (Å²) in [6.45, 7) is 2.21. The number of rotatable bonds is 5. The number of thiocarbonyl (C=S) groups is 1. The lowest BCUT2D eigenvalue weighted by Crippen LogP contribution is -2.37. The third-order valence-corrected chi connectivity index (χ3v) is 5.64.